The molecule has 0 saturated carbocycles. The number of rotatable bonds is 2. The summed E-state index contributed by atoms with van der Waals surface area (Å²) in [6.45, 7) is 4.19. The summed E-state index contributed by atoms with van der Waals surface area (Å²) in [5.74, 6) is 0.417. The van der Waals surface area contributed by atoms with Crippen LogP contribution in [0.4, 0.5) is 0 Å². The standard InChI is InChI=1S/C15H23NO/c1-11-3-4-12-5-7-14(15(2,16)10-17)8-6-13(12)9-11/h3-4,9,14,17H,5-8,10,16H2,1-2H3. The summed E-state index contributed by atoms with van der Waals surface area (Å²) in [7, 11) is 0. The highest BCUT2D eigenvalue weighted by Crippen LogP contribution is 2.30. The van der Waals surface area contributed by atoms with Crippen molar-refractivity contribution in [2.45, 2.75) is 45.1 Å². The number of benzene rings is 1. The van der Waals surface area contributed by atoms with Crippen LogP contribution < -0.4 is 5.73 Å². The molecule has 2 nitrogen and oxygen atoms in total. The van der Waals surface area contributed by atoms with Crippen LogP contribution in [0.5, 0.6) is 0 Å². The van der Waals surface area contributed by atoms with E-state index in [-0.39, 0.29) is 6.61 Å². The Bertz CT molecular complexity index is 398. The highest BCUT2D eigenvalue weighted by atomic mass is 16.3. The van der Waals surface area contributed by atoms with Gasteiger partial charge in [0.05, 0.1) is 6.61 Å². The van der Waals surface area contributed by atoms with E-state index in [2.05, 4.69) is 25.1 Å². The van der Waals surface area contributed by atoms with E-state index >= 15 is 0 Å². The van der Waals surface area contributed by atoms with Crippen molar-refractivity contribution in [2.75, 3.05) is 6.61 Å². The van der Waals surface area contributed by atoms with Gasteiger partial charge in [-0.1, -0.05) is 23.8 Å². The Labute approximate surface area is 104 Å². The second-order valence-corrected chi connectivity index (χ2v) is 5.71. The van der Waals surface area contributed by atoms with E-state index in [1.54, 1.807) is 0 Å². The number of hydrogen-bond donors (Lipinski definition) is 2. The van der Waals surface area contributed by atoms with E-state index in [1.807, 2.05) is 6.92 Å². The first-order chi connectivity index (χ1) is 8.03. The Morgan fingerprint density at radius 3 is 2.59 bits per heavy atom. The molecule has 17 heavy (non-hydrogen) atoms. The van der Waals surface area contributed by atoms with Crippen LogP contribution in [0.25, 0.3) is 0 Å². The van der Waals surface area contributed by atoms with Crippen molar-refractivity contribution in [3.05, 3.63) is 34.9 Å². The van der Waals surface area contributed by atoms with Gasteiger partial charge < -0.3 is 10.8 Å². The molecular weight excluding hydrogens is 210 g/mol. The fraction of sp³-hybridized carbons (Fsp3) is 0.600. The molecule has 0 fully saturated rings. The largest absolute Gasteiger partial charge is 0.394 e. The summed E-state index contributed by atoms with van der Waals surface area (Å²) < 4.78 is 0. The van der Waals surface area contributed by atoms with Crippen LogP contribution in [0.15, 0.2) is 18.2 Å². The first-order valence-electron chi connectivity index (χ1n) is 6.51. The molecule has 1 aromatic carbocycles. The Morgan fingerprint density at radius 1 is 1.29 bits per heavy atom. The Morgan fingerprint density at radius 2 is 1.94 bits per heavy atom. The van der Waals surface area contributed by atoms with Crippen LogP contribution in [0.1, 0.15) is 36.5 Å². The molecule has 0 amide bonds. The molecule has 1 aromatic rings. The van der Waals surface area contributed by atoms with Gasteiger partial charge in [-0.3, -0.25) is 0 Å². The molecule has 0 aliphatic heterocycles. The fourth-order valence-electron chi connectivity index (χ4n) is 2.82. The van der Waals surface area contributed by atoms with Crippen molar-refractivity contribution in [1.29, 1.82) is 0 Å². The van der Waals surface area contributed by atoms with Crippen LogP contribution in [-0.4, -0.2) is 17.3 Å². The predicted molar refractivity (Wildman–Crippen MR) is 71.0 cm³/mol. The van der Waals surface area contributed by atoms with Crippen LogP contribution in [0.2, 0.25) is 0 Å². The van der Waals surface area contributed by atoms with Gasteiger partial charge in [0, 0.05) is 5.54 Å². The SMILES string of the molecule is Cc1ccc2c(c1)CCC(C(C)(N)CO)CC2. The topological polar surface area (TPSA) is 46.2 Å². The molecule has 2 heteroatoms. The third-order valence-corrected chi connectivity index (χ3v) is 4.16. The molecule has 2 atom stereocenters. The average molecular weight is 233 g/mol. The summed E-state index contributed by atoms with van der Waals surface area (Å²) in [6, 6.07) is 6.73. The molecule has 94 valence electrons. The van der Waals surface area contributed by atoms with Gasteiger partial charge in [-0.2, -0.15) is 0 Å². The number of fused-ring (bicyclic) bond motifs is 1. The van der Waals surface area contributed by atoms with Crippen molar-refractivity contribution < 1.29 is 5.11 Å². The molecular formula is C15H23NO. The second-order valence-electron chi connectivity index (χ2n) is 5.71. The quantitative estimate of drug-likeness (QED) is 0.769. The van der Waals surface area contributed by atoms with Crippen LogP contribution in [-0.2, 0) is 12.8 Å². The van der Waals surface area contributed by atoms with E-state index in [1.165, 1.54) is 16.7 Å². The molecule has 2 rings (SSSR count). The molecule has 0 spiro atoms. The normalized spacial score (nSPS) is 23.6. The maximum Gasteiger partial charge on any atom is 0.0611 e. The summed E-state index contributed by atoms with van der Waals surface area (Å²) in [6.07, 6.45) is 4.36. The molecule has 0 bridgehead atoms. The lowest BCUT2D eigenvalue weighted by Crippen LogP contribution is -2.47. The zero-order chi connectivity index (χ0) is 12.5. The smallest absolute Gasteiger partial charge is 0.0611 e. The first-order valence-corrected chi connectivity index (χ1v) is 6.51. The third kappa shape index (κ3) is 2.70. The Kier molecular flexibility index (Phi) is 3.55. The lowest BCUT2D eigenvalue weighted by molar-refractivity contribution is 0.144. The van der Waals surface area contributed by atoms with Gasteiger partial charge in [-0.05, 0) is 56.6 Å². The molecule has 0 heterocycles. The average Bonchev–Trinajstić information content (AvgIpc) is 2.51. The van der Waals surface area contributed by atoms with Crippen molar-refractivity contribution in [1.82, 2.24) is 0 Å². The summed E-state index contributed by atoms with van der Waals surface area (Å²) in [5.41, 5.74) is 10.0. The van der Waals surface area contributed by atoms with Gasteiger partial charge in [0.25, 0.3) is 0 Å². The predicted octanol–water partition coefficient (Wildman–Crippen LogP) is 2.20. The van der Waals surface area contributed by atoms with Gasteiger partial charge in [-0.15, -0.1) is 0 Å². The molecule has 0 saturated heterocycles. The van der Waals surface area contributed by atoms with E-state index in [4.69, 9.17) is 5.73 Å². The highest BCUT2D eigenvalue weighted by Gasteiger charge is 2.30. The van der Waals surface area contributed by atoms with Gasteiger partial charge >= 0.3 is 0 Å². The van der Waals surface area contributed by atoms with Gasteiger partial charge in [0.1, 0.15) is 0 Å². The van der Waals surface area contributed by atoms with Crippen molar-refractivity contribution >= 4 is 0 Å². The maximum atomic E-state index is 9.37. The minimum absolute atomic E-state index is 0.0764. The number of nitrogens with two attached hydrogens (primary N) is 1. The number of aliphatic hydroxyl groups is 1. The molecule has 2 unspecified atom stereocenters. The van der Waals surface area contributed by atoms with E-state index in [0.29, 0.717) is 5.92 Å². The van der Waals surface area contributed by atoms with Crippen LogP contribution in [0.3, 0.4) is 0 Å². The van der Waals surface area contributed by atoms with Crippen LogP contribution >= 0.6 is 0 Å². The second kappa shape index (κ2) is 4.79. The highest BCUT2D eigenvalue weighted by molar-refractivity contribution is 5.32. The minimum Gasteiger partial charge on any atom is -0.394 e. The van der Waals surface area contributed by atoms with Crippen molar-refractivity contribution in [3.8, 4) is 0 Å². The number of aliphatic hydroxyl groups excluding tert-OH is 1. The molecule has 1 aliphatic carbocycles. The summed E-state index contributed by atoms with van der Waals surface area (Å²) >= 11 is 0. The Balaban J connectivity index is 2.17. The minimum atomic E-state index is -0.433. The summed E-state index contributed by atoms with van der Waals surface area (Å²) in [4.78, 5) is 0. The fourth-order valence-corrected chi connectivity index (χ4v) is 2.82. The molecule has 0 aromatic heterocycles. The third-order valence-electron chi connectivity index (χ3n) is 4.16. The summed E-state index contributed by atoms with van der Waals surface area (Å²) in [5, 5.41) is 9.37. The molecule has 3 N–H and O–H groups in total. The number of aryl methyl sites for hydroxylation is 3. The zero-order valence-electron chi connectivity index (χ0n) is 10.9. The van der Waals surface area contributed by atoms with E-state index in [9.17, 15) is 5.11 Å². The van der Waals surface area contributed by atoms with Crippen LogP contribution in [0, 0.1) is 12.8 Å². The monoisotopic (exact) mass is 233 g/mol. The van der Waals surface area contributed by atoms with E-state index in [0.717, 1.165) is 25.7 Å². The van der Waals surface area contributed by atoms with Gasteiger partial charge in [0.2, 0.25) is 0 Å². The maximum absolute atomic E-state index is 9.37. The molecule has 0 radical (unpaired) electrons. The van der Waals surface area contributed by atoms with Gasteiger partial charge in [-0.25, -0.2) is 0 Å². The van der Waals surface area contributed by atoms with Gasteiger partial charge in [0.15, 0.2) is 0 Å². The lowest BCUT2D eigenvalue weighted by atomic mass is 9.81. The van der Waals surface area contributed by atoms with Crippen molar-refractivity contribution in [2.24, 2.45) is 11.7 Å². The number of hydrogen-bond acceptors (Lipinski definition) is 2. The van der Waals surface area contributed by atoms with E-state index < -0.39 is 5.54 Å². The van der Waals surface area contributed by atoms with Crippen molar-refractivity contribution in [3.63, 3.8) is 0 Å². The lowest BCUT2D eigenvalue weighted by Gasteiger charge is -2.31. The Hall–Kier alpha value is -0.860. The zero-order valence-corrected chi connectivity index (χ0v) is 10.9. The first kappa shape index (κ1) is 12.6. The molecule has 1 aliphatic rings.